The van der Waals surface area contributed by atoms with E-state index in [9.17, 15) is 4.79 Å². The molecule has 10 heavy (non-hydrogen) atoms. The highest BCUT2D eigenvalue weighted by molar-refractivity contribution is 7.03. The van der Waals surface area contributed by atoms with Crippen LogP contribution in [0.1, 0.15) is 0 Å². The number of halogens is 1. The number of hydrogen-bond acceptors (Lipinski definition) is 4. The average Bonchev–Trinajstić information content (AvgIpc) is 2.43. The van der Waals surface area contributed by atoms with Crippen molar-refractivity contribution >= 4 is 29.1 Å². The molecule has 56 valence electrons. The fourth-order valence-electron chi connectivity index (χ4n) is 0.136. The summed E-state index contributed by atoms with van der Waals surface area (Å²) < 4.78 is 3.65. The second-order valence-corrected chi connectivity index (χ2v) is 2.01. The van der Waals surface area contributed by atoms with Crippen molar-refractivity contribution in [3.05, 3.63) is 11.8 Å². The minimum Gasteiger partial charge on any atom is -0.480 e. The highest BCUT2D eigenvalue weighted by atomic mass is 35.5. The summed E-state index contributed by atoms with van der Waals surface area (Å²) in [6.45, 7) is 0. The van der Waals surface area contributed by atoms with Gasteiger partial charge in [0.15, 0.2) is 0 Å². The van der Waals surface area contributed by atoms with Crippen molar-refractivity contribution in [1.29, 1.82) is 0 Å². The summed E-state index contributed by atoms with van der Waals surface area (Å²) in [6, 6.07) is 0. The van der Waals surface area contributed by atoms with Gasteiger partial charge in [-0.05, 0) is 11.5 Å². The Morgan fingerprint density at radius 2 is 2.40 bits per heavy atom. The van der Waals surface area contributed by atoms with Crippen molar-refractivity contribution in [2.24, 2.45) is 0 Å². The molecule has 1 rings (SSSR count). The number of aromatic nitrogens is 2. The molecule has 1 N–H and O–H groups in total. The predicted octanol–water partition coefficient (Wildman–Crippen LogP) is 0.848. The number of alkyl halides is 1. The van der Waals surface area contributed by atoms with Gasteiger partial charge in [-0.15, -0.1) is 11.6 Å². The van der Waals surface area contributed by atoms with E-state index >= 15 is 0 Å². The van der Waals surface area contributed by atoms with Crippen LogP contribution in [0.2, 0.25) is 0 Å². The van der Waals surface area contributed by atoms with Gasteiger partial charge in [-0.25, -0.2) is 4.98 Å². The van der Waals surface area contributed by atoms with E-state index in [1.54, 1.807) is 5.51 Å². The Labute approximate surface area is 66.6 Å². The number of rotatable bonds is 1. The lowest BCUT2D eigenvalue weighted by atomic mass is 10.8. The Hall–Kier alpha value is -0.680. The number of carboxylic acid groups (broad SMARTS) is 1. The monoisotopic (exact) mass is 180 g/mol. The van der Waals surface area contributed by atoms with Gasteiger partial charge in [-0.1, -0.05) is 0 Å². The number of carboxylic acids is 1. The van der Waals surface area contributed by atoms with Gasteiger partial charge in [0.1, 0.15) is 17.7 Å². The molecule has 1 heterocycles. The Balaban J connectivity index is 0.000000162. The largest absolute Gasteiger partial charge is 0.480 e. The van der Waals surface area contributed by atoms with Crippen LogP contribution in [0.3, 0.4) is 0 Å². The minimum atomic E-state index is -0.980. The summed E-state index contributed by atoms with van der Waals surface area (Å²) >= 11 is 6.09. The fraction of sp³-hybridized carbons (Fsp3) is 0.250. The first kappa shape index (κ1) is 9.32. The predicted molar refractivity (Wildman–Crippen MR) is 38.3 cm³/mol. The molecule has 0 aromatic carbocycles. The van der Waals surface area contributed by atoms with Crippen LogP contribution >= 0.6 is 23.1 Å². The maximum Gasteiger partial charge on any atom is 0.318 e. The fourth-order valence-corrected chi connectivity index (χ4v) is 0.408. The van der Waals surface area contributed by atoms with Gasteiger partial charge < -0.3 is 5.11 Å². The highest BCUT2D eigenvalue weighted by Crippen LogP contribution is 1.77. The Morgan fingerprint density at radius 3 is 2.50 bits per heavy atom. The molecule has 0 amide bonds. The first-order chi connectivity index (χ1) is 4.77. The van der Waals surface area contributed by atoms with Crippen LogP contribution in [0.4, 0.5) is 0 Å². The van der Waals surface area contributed by atoms with Crippen molar-refractivity contribution in [1.82, 2.24) is 9.36 Å². The molecule has 1 aromatic heterocycles. The molecule has 1 aromatic rings. The highest BCUT2D eigenvalue weighted by Gasteiger charge is 1.83. The van der Waals surface area contributed by atoms with Crippen molar-refractivity contribution in [3.8, 4) is 0 Å². The van der Waals surface area contributed by atoms with E-state index in [1.165, 1.54) is 17.9 Å². The molecule has 0 aliphatic heterocycles. The smallest absolute Gasteiger partial charge is 0.318 e. The summed E-state index contributed by atoms with van der Waals surface area (Å²) in [6.07, 6.45) is 1.52. The van der Waals surface area contributed by atoms with Crippen LogP contribution in [-0.2, 0) is 4.79 Å². The molecule has 0 radical (unpaired) electrons. The molecule has 0 fully saturated rings. The second-order valence-electron chi connectivity index (χ2n) is 1.11. The van der Waals surface area contributed by atoms with Gasteiger partial charge >= 0.3 is 5.97 Å². The third-order valence-electron chi connectivity index (χ3n) is 0.397. The van der Waals surface area contributed by atoms with Crippen LogP contribution in [0.5, 0.6) is 0 Å². The Kier molecular flexibility index (Phi) is 6.00. The zero-order chi connectivity index (χ0) is 7.82. The molecule has 0 aliphatic carbocycles. The zero-order valence-electron chi connectivity index (χ0n) is 4.90. The van der Waals surface area contributed by atoms with Crippen LogP contribution in [0, 0.1) is 0 Å². The van der Waals surface area contributed by atoms with E-state index in [2.05, 4.69) is 9.36 Å². The number of aliphatic carboxylic acids is 1. The lowest BCUT2D eigenvalue weighted by molar-refractivity contribution is -0.134. The van der Waals surface area contributed by atoms with Crippen molar-refractivity contribution in [2.75, 3.05) is 5.88 Å². The van der Waals surface area contributed by atoms with Crippen LogP contribution in [0.15, 0.2) is 11.8 Å². The summed E-state index contributed by atoms with van der Waals surface area (Å²) in [5.41, 5.74) is 1.68. The van der Waals surface area contributed by atoms with Gasteiger partial charge in [0.05, 0.1) is 0 Å². The Bertz CT molecular complexity index is 151. The van der Waals surface area contributed by atoms with Gasteiger partial charge in [-0.3, -0.25) is 4.79 Å². The van der Waals surface area contributed by atoms with E-state index < -0.39 is 5.97 Å². The van der Waals surface area contributed by atoms with E-state index in [0.29, 0.717) is 0 Å². The number of nitrogens with zero attached hydrogens (tertiary/aromatic N) is 2. The lowest BCUT2D eigenvalue weighted by Crippen LogP contribution is -1.92. The molecule has 0 atom stereocenters. The third kappa shape index (κ3) is 7.32. The van der Waals surface area contributed by atoms with Crippen molar-refractivity contribution in [3.63, 3.8) is 0 Å². The van der Waals surface area contributed by atoms with Crippen molar-refractivity contribution in [2.45, 2.75) is 0 Å². The normalized spacial score (nSPS) is 7.70. The molecular weight excluding hydrogens is 176 g/mol. The van der Waals surface area contributed by atoms with Gasteiger partial charge in [-0.2, -0.15) is 4.37 Å². The molecule has 0 spiro atoms. The minimum absolute atomic E-state index is 0.306. The maximum atomic E-state index is 9.24. The molecule has 0 aliphatic rings. The van der Waals surface area contributed by atoms with E-state index in [0.717, 1.165) is 0 Å². The third-order valence-corrected chi connectivity index (χ3v) is 1.06. The van der Waals surface area contributed by atoms with Crippen molar-refractivity contribution < 1.29 is 9.90 Å². The maximum absolute atomic E-state index is 9.24. The quantitative estimate of drug-likeness (QED) is 0.651. The SMILES string of the molecule is O=C(O)CCl.c1ncsn1. The summed E-state index contributed by atoms with van der Waals surface area (Å²) in [4.78, 5) is 12.9. The van der Waals surface area contributed by atoms with Gasteiger partial charge in [0.2, 0.25) is 0 Å². The van der Waals surface area contributed by atoms with Crippen LogP contribution < -0.4 is 0 Å². The Morgan fingerprint density at radius 1 is 1.80 bits per heavy atom. The lowest BCUT2D eigenvalue weighted by Gasteiger charge is -1.69. The molecule has 0 saturated heterocycles. The van der Waals surface area contributed by atoms with Gasteiger partial charge in [0, 0.05) is 0 Å². The summed E-state index contributed by atoms with van der Waals surface area (Å²) in [7, 11) is 0. The number of hydrogen-bond donors (Lipinski definition) is 1. The number of carbonyl (C=O) groups is 1. The molecule has 4 nitrogen and oxygen atoms in total. The zero-order valence-corrected chi connectivity index (χ0v) is 6.47. The van der Waals surface area contributed by atoms with Crippen LogP contribution in [-0.4, -0.2) is 26.3 Å². The standard InChI is InChI=1S/C2H3ClO2.C2H2N2S/c3-1-2(4)5;1-3-2-5-4-1/h1H2,(H,4,5);1-2H. The topological polar surface area (TPSA) is 63.1 Å². The van der Waals surface area contributed by atoms with E-state index in [4.69, 9.17) is 16.7 Å². The van der Waals surface area contributed by atoms with E-state index in [1.807, 2.05) is 0 Å². The summed E-state index contributed by atoms with van der Waals surface area (Å²) in [5, 5.41) is 7.59. The average molecular weight is 181 g/mol. The molecule has 6 heteroatoms. The van der Waals surface area contributed by atoms with E-state index in [-0.39, 0.29) is 5.88 Å². The first-order valence-corrected chi connectivity index (χ1v) is 3.61. The molecule has 0 saturated carbocycles. The summed E-state index contributed by atoms with van der Waals surface area (Å²) in [5.74, 6) is -1.29. The first-order valence-electron chi connectivity index (χ1n) is 2.24. The van der Waals surface area contributed by atoms with Crippen LogP contribution in [0.25, 0.3) is 0 Å². The van der Waals surface area contributed by atoms with Gasteiger partial charge in [0.25, 0.3) is 0 Å². The molecule has 0 bridgehead atoms. The molecular formula is C4H5ClN2O2S. The molecule has 0 unspecified atom stereocenters. The second kappa shape index (κ2) is 6.44.